The van der Waals surface area contributed by atoms with Gasteiger partial charge in [0.25, 0.3) is 0 Å². The maximum absolute atomic E-state index is 12.8. The van der Waals surface area contributed by atoms with Crippen molar-refractivity contribution in [1.82, 2.24) is 4.98 Å². The summed E-state index contributed by atoms with van der Waals surface area (Å²) in [6.45, 7) is 1.82. The Morgan fingerprint density at radius 2 is 1.97 bits per heavy atom. The first-order valence-electron chi connectivity index (χ1n) is 10.00. The molecule has 2 heterocycles. The van der Waals surface area contributed by atoms with Crippen LogP contribution in [-0.4, -0.2) is 10.9 Å². The van der Waals surface area contributed by atoms with Crippen LogP contribution in [-0.2, 0) is 10.5 Å². The molecule has 0 radical (unpaired) electrons. The molecule has 0 spiro atoms. The van der Waals surface area contributed by atoms with E-state index in [1.54, 1.807) is 12.3 Å². The molecule has 4 rings (SSSR count). The Kier molecular flexibility index (Phi) is 6.24. The molecule has 1 fully saturated rings. The lowest BCUT2D eigenvalue weighted by Crippen LogP contribution is -2.21. The second-order valence-corrected chi connectivity index (χ2v) is 9.23. The average molecular weight is 490 g/mol. The van der Waals surface area contributed by atoms with Crippen LogP contribution in [0.5, 0.6) is 0 Å². The zero-order chi connectivity index (χ0) is 21.1. The quantitative estimate of drug-likeness (QED) is 0.483. The Hall–Kier alpha value is -2.19. The largest absolute Gasteiger partial charge is 0.311 e. The number of amides is 1. The first-order valence-corrected chi connectivity index (χ1v) is 11.2. The van der Waals surface area contributed by atoms with Gasteiger partial charge < -0.3 is 5.32 Å². The second kappa shape index (κ2) is 8.89. The van der Waals surface area contributed by atoms with E-state index in [2.05, 4.69) is 46.9 Å². The van der Waals surface area contributed by atoms with Crippen LogP contribution in [0.4, 0.5) is 5.82 Å². The smallest absolute Gasteiger partial charge is 0.226 e. The number of pyridine rings is 1. The summed E-state index contributed by atoms with van der Waals surface area (Å²) in [5.74, 6) is 1.05. The highest BCUT2D eigenvalue weighted by Gasteiger charge is 2.33. The van der Waals surface area contributed by atoms with E-state index in [0.717, 1.165) is 28.4 Å². The fourth-order valence-corrected chi connectivity index (χ4v) is 4.85. The van der Waals surface area contributed by atoms with Crippen LogP contribution in [0.25, 0.3) is 0 Å². The van der Waals surface area contributed by atoms with E-state index in [0.29, 0.717) is 23.2 Å². The molecule has 0 saturated heterocycles. The summed E-state index contributed by atoms with van der Waals surface area (Å²) in [6, 6.07) is 9.54. The number of aromatic nitrogens is 1. The standard InChI is InChI=1S/C21H22BrClN6O/c1-21(26-28-29-27-21)17-8-6-14(10-18(17)23)16(13-4-2-3-5-13)11-20(30)25-19-9-7-15(22)12-24-19/h6-10,12-13,16H,2-5,11H2,1H3,(H,24,25,30). The summed E-state index contributed by atoms with van der Waals surface area (Å²) < 4.78 is 0.870. The van der Waals surface area contributed by atoms with Gasteiger partial charge >= 0.3 is 0 Å². The van der Waals surface area contributed by atoms with Crippen LogP contribution in [0.2, 0.25) is 5.02 Å². The molecule has 1 atom stereocenters. The Bertz CT molecular complexity index is 975. The number of rotatable bonds is 6. The van der Waals surface area contributed by atoms with Crippen LogP contribution in [0, 0.1) is 5.92 Å². The van der Waals surface area contributed by atoms with E-state index in [1.165, 1.54) is 12.8 Å². The predicted molar refractivity (Wildman–Crippen MR) is 118 cm³/mol. The zero-order valence-corrected chi connectivity index (χ0v) is 18.9. The minimum Gasteiger partial charge on any atom is -0.311 e. The van der Waals surface area contributed by atoms with Gasteiger partial charge in [0.15, 0.2) is 0 Å². The third-order valence-corrected chi connectivity index (χ3v) is 6.60. The Labute approximate surface area is 188 Å². The molecule has 2 aromatic rings. The van der Waals surface area contributed by atoms with Gasteiger partial charge in [-0.3, -0.25) is 4.79 Å². The summed E-state index contributed by atoms with van der Waals surface area (Å²) in [7, 11) is 0. The summed E-state index contributed by atoms with van der Waals surface area (Å²) in [6.07, 6.45) is 6.68. The predicted octanol–water partition coefficient (Wildman–Crippen LogP) is 6.81. The number of halogens is 2. The molecule has 156 valence electrons. The van der Waals surface area contributed by atoms with Gasteiger partial charge in [0, 0.05) is 27.7 Å². The summed E-state index contributed by atoms with van der Waals surface area (Å²) in [5, 5.41) is 18.9. The van der Waals surface area contributed by atoms with Crippen LogP contribution < -0.4 is 5.32 Å². The average Bonchev–Trinajstić information content (AvgIpc) is 3.40. The maximum Gasteiger partial charge on any atom is 0.226 e. The molecule has 1 aromatic carbocycles. The van der Waals surface area contributed by atoms with Crippen molar-refractivity contribution in [3.05, 3.63) is 57.2 Å². The Morgan fingerprint density at radius 1 is 1.23 bits per heavy atom. The minimum absolute atomic E-state index is 0.0488. The highest BCUT2D eigenvalue weighted by Crippen LogP contribution is 2.42. The lowest BCUT2D eigenvalue weighted by atomic mass is 9.81. The van der Waals surface area contributed by atoms with Crippen LogP contribution in [0.3, 0.4) is 0 Å². The summed E-state index contributed by atoms with van der Waals surface area (Å²) >= 11 is 9.97. The van der Waals surface area contributed by atoms with Gasteiger partial charge in [0.05, 0.1) is 0 Å². The van der Waals surface area contributed by atoms with E-state index in [4.69, 9.17) is 11.6 Å². The van der Waals surface area contributed by atoms with Gasteiger partial charge in [-0.15, -0.1) is 10.2 Å². The second-order valence-electron chi connectivity index (χ2n) is 7.90. The van der Waals surface area contributed by atoms with E-state index >= 15 is 0 Å². The van der Waals surface area contributed by atoms with Gasteiger partial charge in [-0.1, -0.05) is 36.6 Å². The molecule has 2 aliphatic rings. The van der Waals surface area contributed by atoms with Crippen molar-refractivity contribution >= 4 is 39.3 Å². The zero-order valence-electron chi connectivity index (χ0n) is 16.6. The fourth-order valence-electron chi connectivity index (χ4n) is 4.25. The Morgan fingerprint density at radius 3 is 2.60 bits per heavy atom. The van der Waals surface area contributed by atoms with Gasteiger partial charge in [-0.25, -0.2) is 4.98 Å². The number of carbonyl (C=O) groups excluding carboxylic acids is 1. The number of carbonyl (C=O) groups is 1. The normalized spacial score (nSPS) is 18.6. The fraction of sp³-hybridized carbons (Fsp3) is 0.429. The molecule has 1 saturated carbocycles. The summed E-state index contributed by atoms with van der Waals surface area (Å²) in [5.41, 5.74) is 0.931. The van der Waals surface area contributed by atoms with E-state index in [1.807, 2.05) is 31.2 Å². The topological polar surface area (TPSA) is 91.4 Å². The molecule has 30 heavy (non-hydrogen) atoms. The highest BCUT2D eigenvalue weighted by atomic mass is 79.9. The van der Waals surface area contributed by atoms with Gasteiger partial charge in [0.1, 0.15) is 5.82 Å². The van der Waals surface area contributed by atoms with Gasteiger partial charge in [0.2, 0.25) is 11.6 Å². The molecule has 9 heteroatoms. The molecule has 1 N–H and O–H groups in total. The van der Waals surface area contributed by atoms with Crippen molar-refractivity contribution in [2.45, 2.75) is 50.6 Å². The van der Waals surface area contributed by atoms with Crippen LogP contribution >= 0.6 is 27.5 Å². The molecule has 1 aliphatic heterocycles. The molecular formula is C21H22BrClN6O. The number of nitrogens with one attached hydrogen (secondary N) is 1. The van der Waals surface area contributed by atoms with Gasteiger partial charge in [-0.2, -0.15) is 0 Å². The highest BCUT2D eigenvalue weighted by molar-refractivity contribution is 9.10. The first-order chi connectivity index (χ1) is 14.4. The van der Waals surface area contributed by atoms with E-state index in [9.17, 15) is 4.79 Å². The number of anilines is 1. The van der Waals surface area contributed by atoms with E-state index < -0.39 is 5.66 Å². The molecule has 1 aromatic heterocycles. The van der Waals surface area contributed by atoms with Crippen molar-refractivity contribution in [2.24, 2.45) is 26.6 Å². The van der Waals surface area contributed by atoms with Crippen LogP contribution in [0.15, 0.2) is 61.7 Å². The molecular weight excluding hydrogens is 468 g/mol. The lowest BCUT2D eigenvalue weighted by molar-refractivity contribution is -0.116. The molecule has 7 nitrogen and oxygen atoms in total. The van der Waals surface area contributed by atoms with Crippen molar-refractivity contribution in [1.29, 1.82) is 0 Å². The Balaban J connectivity index is 1.55. The molecule has 1 aliphatic carbocycles. The summed E-state index contributed by atoms with van der Waals surface area (Å²) in [4.78, 5) is 17.0. The maximum atomic E-state index is 12.8. The monoisotopic (exact) mass is 488 g/mol. The molecule has 1 unspecified atom stereocenters. The minimum atomic E-state index is -0.886. The number of nitrogens with zero attached hydrogens (tertiary/aromatic N) is 5. The third kappa shape index (κ3) is 4.59. The van der Waals surface area contributed by atoms with Crippen LogP contribution in [0.1, 0.15) is 56.1 Å². The van der Waals surface area contributed by atoms with E-state index in [-0.39, 0.29) is 11.8 Å². The van der Waals surface area contributed by atoms with Crippen molar-refractivity contribution in [3.8, 4) is 0 Å². The third-order valence-electron chi connectivity index (χ3n) is 5.82. The van der Waals surface area contributed by atoms with Crippen molar-refractivity contribution in [3.63, 3.8) is 0 Å². The number of benzene rings is 1. The first kappa shape index (κ1) is 21.1. The SMILES string of the molecule is CC1(c2ccc(C(CC(=O)Nc3ccc(Br)cn3)C3CCCC3)cc2Cl)N=NN=N1. The number of hydrogen-bond donors (Lipinski definition) is 1. The van der Waals surface area contributed by atoms with Gasteiger partial charge in [-0.05, 0) is 81.7 Å². The van der Waals surface area contributed by atoms with Crippen molar-refractivity contribution in [2.75, 3.05) is 5.32 Å². The molecule has 0 bridgehead atoms. The number of hydrogen-bond acceptors (Lipinski definition) is 6. The molecule has 1 amide bonds. The lowest BCUT2D eigenvalue weighted by Gasteiger charge is -2.25. The van der Waals surface area contributed by atoms with Crippen molar-refractivity contribution < 1.29 is 4.79 Å².